The number of hydrogen-bond donors (Lipinski definition) is 2. The summed E-state index contributed by atoms with van der Waals surface area (Å²) in [6.45, 7) is 3.93. The summed E-state index contributed by atoms with van der Waals surface area (Å²) in [6, 6.07) is 8.57. The minimum absolute atomic E-state index is 0.0945. The second-order valence-corrected chi connectivity index (χ2v) is 8.93. The fourth-order valence-corrected chi connectivity index (χ4v) is 4.97. The lowest BCUT2D eigenvalue weighted by Gasteiger charge is -2.14. The lowest BCUT2D eigenvalue weighted by Crippen LogP contribution is -2.29. The standard InChI is InChI=1S/C15H19N3O4S2/c1-12(2)10-17-23(19,20)14-7-3-4-8-15(14)24(21,22)18-13-6-5-9-16-11-13/h3-9,11-12,17-18H,10H2,1-2H3. The number of sulfonamides is 2. The molecule has 2 N–H and O–H groups in total. The summed E-state index contributed by atoms with van der Waals surface area (Å²) in [7, 11) is -8.02. The highest BCUT2D eigenvalue weighted by Crippen LogP contribution is 2.23. The monoisotopic (exact) mass is 369 g/mol. The number of aromatic nitrogens is 1. The topological polar surface area (TPSA) is 105 Å². The Morgan fingerprint density at radius 1 is 0.958 bits per heavy atom. The summed E-state index contributed by atoms with van der Waals surface area (Å²) in [5.74, 6) is 0.0945. The molecule has 2 aromatic rings. The second-order valence-electron chi connectivity index (χ2n) is 5.54. The molecule has 0 radical (unpaired) electrons. The van der Waals surface area contributed by atoms with Crippen molar-refractivity contribution in [3.63, 3.8) is 0 Å². The molecule has 24 heavy (non-hydrogen) atoms. The fraction of sp³-hybridized carbons (Fsp3) is 0.267. The van der Waals surface area contributed by atoms with E-state index >= 15 is 0 Å². The average molecular weight is 369 g/mol. The van der Waals surface area contributed by atoms with Gasteiger partial charge in [-0.25, -0.2) is 21.6 Å². The molecule has 0 atom stereocenters. The maximum atomic E-state index is 12.6. The number of pyridine rings is 1. The van der Waals surface area contributed by atoms with E-state index in [-0.39, 0.29) is 27.9 Å². The van der Waals surface area contributed by atoms with Crippen molar-refractivity contribution in [1.82, 2.24) is 9.71 Å². The van der Waals surface area contributed by atoms with Crippen LogP contribution >= 0.6 is 0 Å². The first-order chi connectivity index (χ1) is 11.2. The van der Waals surface area contributed by atoms with Crippen molar-refractivity contribution in [2.24, 2.45) is 5.92 Å². The van der Waals surface area contributed by atoms with Crippen molar-refractivity contribution in [2.45, 2.75) is 23.6 Å². The maximum Gasteiger partial charge on any atom is 0.263 e. The van der Waals surface area contributed by atoms with Crippen LogP contribution in [0.4, 0.5) is 5.69 Å². The van der Waals surface area contributed by atoms with Gasteiger partial charge >= 0.3 is 0 Å². The van der Waals surface area contributed by atoms with Crippen LogP contribution in [0, 0.1) is 5.92 Å². The van der Waals surface area contributed by atoms with E-state index in [0.29, 0.717) is 0 Å². The van der Waals surface area contributed by atoms with Crippen molar-refractivity contribution in [3.8, 4) is 0 Å². The molecule has 1 heterocycles. The van der Waals surface area contributed by atoms with E-state index < -0.39 is 20.0 Å². The van der Waals surface area contributed by atoms with Crippen LogP contribution in [0.25, 0.3) is 0 Å². The van der Waals surface area contributed by atoms with Gasteiger partial charge in [0.15, 0.2) is 0 Å². The van der Waals surface area contributed by atoms with E-state index in [1.165, 1.54) is 42.7 Å². The van der Waals surface area contributed by atoms with Crippen molar-refractivity contribution in [1.29, 1.82) is 0 Å². The van der Waals surface area contributed by atoms with Crippen molar-refractivity contribution < 1.29 is 16.8 Å². The van der Waals surface area contributed by atoms with E-state index in [2.05, 4.69) is 14.4 Å². The van der Waals surface area contributed by atoms with Crippen molar-refractivity contribution >= 4 is 25.7 Å². The van der Waals surface area contributed by atoms with Gasteiger partial charge in [0.25, 0.3) is 10.0 Å². The molecule has 0 saturated carbocycles. The maximum absolute atomic E-state index is 12.6. The number of nitrogens with zero attached hydrogens (tertiary/aromatic N) is 1. The third-order valence-corrected chi connectivity index (χ3v) is 6.07. The Hall–Kier alpha value is -1.97. The van der Waals surface area contributed by atoms with E-state index in [9.17, 15) is 16.8 Å². The van der Waals surface area contributed by atoms with Crippen LogP contribution in [-0.4, -0.2) is 28.4 Å². The van der Waals surface area contributed by atoms with Gasteiger partial charge in [0, 0.05) is 12.7 Å². The molecule has 2 rings (SSSR count). The Kier molecular flexibility index (Phi) is 5.58. The molecule has 1 aromatic carbocycles. The molecule has 0 spiro atoms. The molecule has 0 aliphatic rings. The molecule has 0 aliphatic heterocycles. The predicted octanol–water partition coefficient (Wildman–Crippen LogP) is 1.82. The van der Waals surface area contributed by atoms with Gasteiger partial charge < -0.3 is 0 Å². The fourth-order valence-electron chi connectivity index (χ4n) is 1.88. The van der Waals surface area contributed by atoms with Crippen LogP contribution in [0.3, 0.4) is 0 Å². The van der Waals surface area contributed by atoms with Gasteiger partial charge in [-0.05, 0) is 30.2 Å². The molecule has 130 valence electrons. The zero-order valence-corrected chi connectivity index (χ0v) is 14.9. The van der Waals surface area contributed by atoms with E-state index in [0.717, 1.165) is 0 Å². The molecule has 0 fully saturated rings. The molecular formula is C15H19N3O4S2. The molecule has 0 bridgehead atoms. The molecule has 0 unspecified atom stereocenters. The normalized spacial score (nSPS) is 12.3. The number of anilines is 1. The van der Waals surface area contributed by atoms with Gasteiger partial charge in [-0.1, -0.05) is 26.0 Å². The van der Waals surface area contributed by atoms with Gasteiger partial charge in [-0.3, -0.25) is 9.71 Å². The van der Waals surface area contributed by atoms with Gasteiger partial charge in [-0.15, -0.1) is 0 Å². The molecule has 9 heteroatoms. The summed E-state index contributed by atoms with van der Waals surface area (Å²) < 4.78 is 54.8. The molecule has 0 aliphatic carbocycles. The highest BCUT2D eigenvalue weighted by molar-refractivity contribution is 7.94. The first-order valence-corrected chi connectivity index (χ1v) is 10.2. The quantitative estimate of drug-likeness (QED) is 0.774. The highest BCUT2D eigenvalue weighted by Gasteiger charge is 2.26. The summed E-state index contributed by atoms with van der Waals surface area (Å²) in [6.07, 6.45) is 2.84. The Morgan fingerprint density at radius 3 is 2.12 bits per heavy atom. The van der Waals surface area contributed by atoms with E-state index in [1.807, 2.05) is 13.8 Å². The molecule has 7 nitrogen and oxygen atoms in total. The lowest BCUT2D eigenvalue weighted by molar-refractivity contribution is 0.556. The van der Waals surface area contributed by atoms with E-state index in [4.69, 9.17) is 0 Å². The third-order valence-electron chi connectivity index (χ3n) is 3.02. The average Bonchev–Trinajstić information content (AvgIpc) is 2.54. The minimum Gasteiger partial charge on any atom is -0.278 e. The number of nitrogens with one attached hydrogen (secondary N) is 2. The smallest absolute Gasteiger partial charge is 0.263 e. The van der Waals surface area contributed by atoms with Crippen LogP contribution < -0.4 is 9.44 Å². The Labute approximate surface area is 142 Å². The number of hydrogen-bond acceptors (Lipinski definition) is 5. The first-order valence-electron chi connectivity index (χ1n) is 7.24. The summed E-state index contributed by atoms with van der Waals surface area (Å²) in [5, 5.41) is 0. The minimum atomic E-state index is -4.07. The van der Waals surface area contributed by atoms with Gasteiger partial charge in [0.05, 0.1) is 11.9 Å². The van der Waals surface area contributed by atoms with Crippen LogP contribution in [-0.2, 0) is 20.0 Å². The van der Waals surface area contributed by atoms with Gasteiger partial charge in [0.1, 0.15) is 9.79 Å². The van der Waals surface area contributed by atoms with Crippen LogP contribution in [0.1, 0.15) is 13.8 Å². The SMILES string of the molecule is CC(C)CNS(=O)(=O)c1ccccc1S(=O)(=O)Nc1cccnc1. The number of benzene rings is 1. The molecule has 0 amide bonds. The largest absolute Gasteiger partial charge is 0.278 e. The van der Waals surface area contributed by atoms with Crippen molar-refractivity contribution in [2.75, 3.05) is 11.3 Å². The zero-order valence-electron chi connectivity index (χ0n) is 13.3. The highest BCUT2D eigenvalue weighted by atomic mass is 32.2. The predicted molar refractivity (Wildman–Crippen MR) is 91.5 cm³/mol. The second kappa shape index (κ2) is 7.29. The number of rotatable bonds is 7. The van der Waals surface area contributed by atoms with Crippen LogP contribution in [0.5, 0.6) is 0 Å². The third kappa shape index (κ3) is 4.53. The van der Waals surface area contributed by atoms with Gasteiger partial charge in [-0.2, -0.15) is 0 Å². The summed E-state index contributed by atoms with van der Waals surface area (Å²) >= 11 is 0. The van der Waals surface area contributed by atoms with Gasteiger partial charge in [0.2, 0.25) is 10.0 Å². The molecule has 1 aromatic heterocycles. The Bertz CT molecular complexity index is 895. The summed E-state index contributed by atoms with van der Waals surface area (Å²) in [4.78, 5) is 3.22. The summed E-state index contributed by atoms with van der Waals surface area (Å²) in [5.41, 5.74) is 0.250. The molecule has 0 saturated heterocycles. The Balaban J connectivity index is 2.41. The zero-order chi connectivity index (χ0) is 17.8. The first kappa shape index (κ1) is 18.4. The van der Waals surface area contributed by atoms with Crippen LogP contribution in [0.15, 0.2) is 58.6 Å². The lowest BCUT2D eigenvalue weighted by atomic mass is 10.2. The van der Waals surface area contributed by atoms with Crippen LogP contribution in [0.2, 0.25) is 0 Å². The molecular weight excluding hydrogens is 350 g/mol. The van der Waals surface area contributed by atoms with Crippen molar-refractivity contribution in [3.05, 3.63) is 48.8 Å². The van der Waals surface area contributed by atoms with E-state index in [1.54, 1.807) is 6.07 Å². The Morgan fingerprint density at radius 2 is 1.58 bits per heavy atom.